The molecule has 3 amide bonds. The number of amides is 3. The summed E-state index contributed by atoms with van der Waals surface area (Å²) in [5, 5.41) is 2.67. The van der Waals surface area contributed by atoms with Crippen LogP contribution in [-0.4, -0.2) is 140 Å². The predicted octanol–water partition coefficient (Wildman–Crippen LogP) is 2.53. The van der Waals surface area contributed by atoms with E-state index in [1.165, 1.54) is 29.7 Å². The standard InChI is InChI=1S/C35H49N6O11P/c1-5-8-20-51-35(46)40-18-16-39(17-19-40)32(43)27(23-53(47)52-29(33(44)49-6-2)34(45)50-7-3)37-31(42)26-21-28(41-15-14-25(22-41)48-4)38-30(36-26)24-12-10-9-11-13-24/h9-13,21,25,27,29,53H,5-8,14-20,22-23H2,1-4H3,(H,37,42). The number of nitrogens with zero attached hydrogens (tertiary/aromatic N) is 5. The Morgan fingerprint density at radius 3 is 2.17 bits per heavy atom. The van der Waals surface area contributed by atoms with Crippen LogP contribution < -0.4 is 10.2 Å². The summed E-state index contributed by atoms with van der Waals surface area (Å²) in [5.74, 6) is -2.80. The summed E-state index contributed by atoms with van der Waals surface area (Å²) in [7, 11) is -1.76. The fraction of sp³-hybridized carbons (Fsp3) is 0.571. The molecule has 1 aromatic carbocycles. The van der Waals surface area contributed by atoms with Crippen molar-refractivity contribution < 1.29 is 52.0 Å². The average Bonchev–Trinajstić information content (AvgIpc) is 3.66. The molecule has 0 spiro atoms. The van der Waals surface area contributed by atoms with Crippen molar-refractivity contribution in [2.45, 2.75) is 58.3 Å². The van der Waals surface area contributed by atoms with Gasteiger partial charge in [0.05, 0.1) is 32.1 Å². The fourth-order valence-corrected chi connectivity index (χ4v) is 6.85. The second kappa shape index (κ2) is 20.6. The largest absolute Gasteiger partial charge is 0.464 e. The number of ether oxygens (including phenoxy) is 4. The van der Waals surface area contributed by atoms with E-state index in [9.17, 15) is 28.5 Å². The van der Waals surface area contributed by atoms with E-state index >= 15 is 0 Å². The molecule has 17 nitrogen and oxygen atoms in total. The van der Waals surface area contributed by atoms with Crippen molar-refractivity contribution in [2.24, 2.45) is 0 Å². The number of aromatic nitrogens is 2. The monoisotopic (exact) mass is 760 g/mol. The summed E-state index contributed by atoms with van der Waals surface area (Å²) in [4.78, 5) is 79.8. The Balaban J connectivity index is 1.59. The number of methoxy groups -OCH3 is 1. The van der Waals surface area contributed by atoms with Gasteiger partial charge in [0.15, 0.2) is 13.9 Å². The van der Waals surface area contributed by atoms with Gasteiger partial charge in [-0.05, 0) is 26.7 Å². The quantitative estimate of drug-likeness (QED) is 0.0812. The molecule has 2 aromatic rings. The highest BCUT2D eigenvalue weighted by Crippen LogP contribution is 2.29. The maximum Gasteiger partial charge on any atom is 0.409 e. The van der Waals surface area contributed by atoms with E-state index in [1.807, 2.05) is 30.0 Å². The van der Waals surface area contributed by atoms with Crippen LogP contribution in [-0.2, 0) is 42.4 Å². The highest BCUT2D eigenvalue weighted by Gasteiger charge is 2.36. The van der Waals surface area contributed by atoms with Crippen molar-refractivity contribution in [3.63, 3.8) is 0 Å². The average molecular weight is 761 g/mol. The van der Waals surface area contributed by atoms with Crippen LogP contribution in [0.25, 0.3) is 11.4 Å². The molecule has 53 heavy (non-hydrogen) atoms. The van der Waals surface area contributed by atoms with Gasteiger partial charge in [-0.25, -0.2) is 24.4 Å². The molecule has 2 saturated heterocycles. The molecule has 0 bridgehead atoms. The lowest BCUT2D eigenvalue weighted by atomic mass is 10.2. The smallest absolute Gasteiger partial charge is 0.409 e. The molecule has 0 radical (unpaired) electrons. The lowest BCUT2D eigenvalue weighted by Gasteiger charge is -2.36. The van der Waals surface area contributed by atoms with Crippen molar-refractivity contribution in [1.82, 2.24) is 25.1 Å². The van der Waals surface area contributed by atoms with Crippen LogP contribution in [0.4, 0.5) is 10.6 Å². The lowest BCUT2D eigenvalue weighted by Crippen LogP contribution is -2.56. The number of benzene rings is 1. The molecule has 290 valence electrons. The number of unbranched alkanes of at least 4 members (excludes halogenated alkanes) is 1. The topological polar surface area (TPSA) is 196 Å². The maximum absolute atomic E-state index is 14.0. The Kier molecular flexibility index (Phi) is 16.0. The summed E-state index contributed by atoms with van der Waals surface area (Å²) in [6, 6.07) is 9.17. The third-order valence-corrected chi connectivity index (χ3v) is 9.82. The number of hydrogen-bond acceptors (Lipinski definition) is 14. The van der Waals surface area contributed by atoms with Gasteiger partial charge in [-0.3, -0.25) is 14.2 Å². The second-order valence-corrected chi connectivity index (χ2v) is 13.7. The first-order valence-corrected chi connectivity index (χ1v) is 19.4. The molecule has 0 saturated carbocycles. The summed E-state index contributed by atoms with van der Waals surface area (Å²) < 4.78 is 39.5. The Bertz CT molecular complexity index is 1570. The SMILES string of the molecule is CCCCOC(=O)N1CCN(C(=O)C(C[PH](=O)OC(C(=O)OCC)C(=O)OCC)NC(=O)c2cc(N3CCC(OC)C3)nc(-c3ccccc3)n2)CC1. The summed E-state index contributed by atoms with van der Waals surface area (Å²) in [6.07, 6.45) is -0.678. The number of hydrogen-bond donors (Lipinski definition) is 1. The Labute approximate surface area is 309 Å². The summed E-state index contributed by atoms with van der Waals surface area (Å²) in [5.41, 5.74) is 0.607. The highest BCUT2D eigenvalue weighted by atomic mass is 31.1. The van der Waals surface area contributed by atoms with Crippen molar-refractivity contribution in [3.8, 4) is 11.4 Å². The third-order valence-electron chi connectivity index (χ3n) is 8.58. The van der Waals surface area contributed by atoms with Crippen molar-refractivity contribution in [3.05, 3.63) is 42.1 Å². The highest BCUT2D eigenvalue weighted by molar-refractivity contribution is 7.39. The summed E-state index contributed by atoms with van der Waals surface area (Å²) in [6.45, 7) is 6.90. The van der Waals surface area contributed by atoms with Crippen LogP contribution in [0.3, 0.4) is 0 Å². The van der Waals surface area contributed by atoms with Gasteiger partial charge in [0, 0.05) is 58.0 Å². The van der Waals surface area contributed by atoms with Gasteiger partial charge in [-0.2, -0.15) is 0 Å². The van der Waals surface area contributed by atoms with E-state index in [4.69, 9.17) is 28.5 Å². The lowest BCUT2D eigenvalue weighted by molar-refractivity contribution is -0.165. The molecule has 3 heterocycles. The minimum Gasteiger partial charge on any atom is -0.464 e. The number of carbonyl (C=O) groups is 5. The van der Waals surface area contributed by atoms with E-state index < -0.39 is 56.2 Å². The Morgan fingerprint density at radius 2 is 1.57 bits per heavy atom. The number of anilines is 1. The minimum atomic E-state index is -3.39. The zero-order valence-electron chi connectivity index (χ0n) is 30.6. The van der Waals surface area contributed by atoms with Gasteiger partial charge in [0.25, 0.3) is 12.0 Å². The van der Waals surface area contributed by atoms with Crippen molar-refractivity contribution in [2.75, 3.05) is 77.3 Å². The van der Waals surface area contributed by atoms with Gasteiger partial charge in [-0.15, -0.1) is 0 Å². The molecular formula is C35H49N6O11P. The van der Waals surface area contributed by atoms with E-state index in [0.717, 1.165) is 19.3 Å². The zero-order chi connectivity index (χ0) is 38.3. The predicted molar refractivity (Wildman–Crippen MR) is 193 cm³/mol. The van der Waals surface area contributed by atoms with E-state index in [2.05, 4.69) is 10.3 Å². The first kappa shape index (κ1) is 41.2. The number of esters is 2. The Morgan fingerprint density at radius 1 is 0.906 bits per heavy atom. The first-order valence-electron chi connectivity index (χ1n) is 17.8. The number of nitrogens with one attached hydrogen (secondary N) is 1. The normalized spacial score (nSPS) is 16.9. The number of piperazine rings is 1. The van der Waals surface area contributed by atoms with Crippen LogP contribution in [0, 0.1) is 0 Å². The summed E-state index contributed by atoms with van der Waals surface area (Å²) >= 11 is 0. The van der Waals surface area contributed by atoms with E-state index in [0.29, 0.717) is 24.5 Å². The molecule has 0 aliphatic carbocycles. The van der Waals surface area contributed by atoms with Crippen LogP contribution in [0.2, 0.25) is 0 Å². The zero-order valence-corrected chi connectivity index (χ0v) is 31.6. The molecule has 3 atom stereocenters. The second-order valence-electron chi connectivity index (χ2n) is 12.3. The van der Waals surface area contributed by atoms with Crippen molar-refractivity contribution >= 4 is 43.7 Å². The molecule has 1 aromatic heterocycles. The van der Waals surface area contributed by atoms with Crippen LogP contribution in [0.1, 0.15) is 50.5 Å². The van der Waals surface area contributed by atoms with Gasteiger partial charge in [-0.1, -0.05) is 43.7 Å². The molecule has 2 aliphatic heterocycles. The van der Waals surface area contributed by atoms with Gasteiger partial charge >= 0.3 is 18.0 Å². The van der Waals surface area contributed by atoms with Gasteiger partial charge < -0.3 is 43.5 Å². The Hall–Kier alpha value is -4.60. The molecule has 2 fully saturated rings. The van der Waals surface area contributed by atoms with Crippen LogP contribution in [0.15, 0.2) is 36.4 Å². The number of carbonyl (C=O) groups excluding carboxylic acids is 5. The molecule has 1 N–H and O–H groups in total. The van der Waals surface area contributed by atoms with Crippen molar-refractivity contribution in [1.29, 1.82) is 0 Å². The molecule has 2 aliphatic rings. The minimum absolute atomic E-state index is 0.0197. The first-order chi connectivity index (χ1) is 25.6. The van der Waals surface area contributed by atoms with E-state index in [1.54, 1.807) is 19.2 Å². The fourth-order valence-electron chi connectivity index (χ4n) is 5.69. The third kappa shape index (κ3) is 11.7. The van der Waals surface area contributed by atoms with E-state index in [-0.39, 0.29) is 63.6 Å². The van der Waals surface area contributed by atoms with Crippen LogP contribution >= 0.6 is 8.03 Å². The van der Waals surface area contributed by atoms with Gasteiger partial charge in [0.1, 0.15) is 17.6 Å². The molecule has 3 unspecified atom stereocenters. The molecule has 18 heteroatoms. The maximum atomic E-state index is 14.0. The van der Waals surface area contributed by atoms with Crippen LogP contribution in [0.5, 0.6) is 0 Å². The van der Waals surface area contributed by atoms with Gasteiger partial charge in [0.2, 0.25) is 5.91 Å². The molecular weight excluding hydrogens is 711 g/mol. The number of rotatable bonds is 17. The molecule has 4 rings (SSSR count).